The van der Waals surface area contributed by atoms with Crippen LogP contribution in [0.2, 0.25) is 0 Å². The average Bonchev–Trinajstić information content (AvgIpc) is 2.05. The maximum absolute atomic E-state index is 8.44. The lowest BCUT2D eigenvalue weighted by Crippen LogP contribution is -1.91. The van der Waals surface area contributed by atoms with Crippen LogP contribution >= 0.6 is 0 Å². The molecule has 0 aliphatic heterocycles. The zero-order valence-corrected chi connectivity index (χ0v) is 7.45. The molecule has 2 heteroatoms. The molecule has 0 saturated carbocycles. The Hall–Kier alpha value is -1.54. The van der Waals surface area contributed by atoms with E-state index in [1.54, 1.807) is 18.2 Å². The van der Waals surface area contributed by atoms with E-state index in [0.29, 0.717) is 0 Å². The minimum absolute atomic E-state index is 0.0833. The van der Waals surface area contributed by atoms with Gasteiger partial charge in [0.25, 0.3) is 0 Å². The summed E-state index contributed by atoms with van der Waals surface area (Å²) >= 11 is 0. The highest BCUT2D eigenvalue weighted by molar-refractivity contribution is 4.91. The molecule has 0 aliphatic rings. The molecule has 0 radical (unpaired) electrons. The van der Waals surface area contributed by atoms with Gasteiger partial charge in [-0.1, -0.05) is 12.2 Å². The lowest BCUT2D eigenvalue weighted by molar-refractivity contribution is 0.692. The van der Waals surface area contributed by atoms with Crippen molar-refractivity contribution in [2.75, 3.05) is 0 Å². The van der Waals surface area contributed by atoms with E-state index in [2.05, 4.69) is 19.2 Å². The van der Waals surface area contributed by atoms with Gasteiger partial charge in [-0.2, -0.15) is 10.5 Å². The van der Waals surface area contributed by atoms with Crippen LogP contribution in [-0.2, 0) is 0 Å². The molecule has 0 heterocycles. The van der Waals surface area contributed by atoms with Gasteiger partial charge in [0.1, 0.15) is 0 Å². The molecule has 64 valence electrons. The predicted octanol–water partition coefficient (Wildman–Crippen LogP) is 2.81. The molecule has 0 aliphatic carbocycles. The number of hydrogen-bond donors (Lipinski definition) is 0. The molecule has 0 fully saturated rings. The zero-order chi connectivity index (χ0) is 9.82. The van der Waals surface area contributed by atoms with Gasteiger partial charge in [-0.15, -0.1) is 13.2 Å². The normalized spacial score (nSPS) is 7.00. The van der Waals surface area contributed by atoms with Gasteiger partial charge in [0, 0.05) is 6.92 Å². The third-order valence-corrected chi connectivity index (χ3v) is 1.08. The first kappa shape index (κ1) is 13.1. The number of hydrogen-bond acceptors (Lipinski definition) is 2. The van der Waals surface area contributed by atoms with Crippen molar-refractivity contribution in [2.24, 2.45) is 5.92 Å². The van der Waals surface area contributed by atoms with Crippen LogP contribution in [0, 0.1) is 28.6 Å². The van der Waals surface area contributed by atoms with E-state index in [1.165, 1.54) is 6.92 Å². The molecule has 12 heavy (non-hydrogen) atoms. The van der Waals surface area contributed by atoms with Crippen molar-refractivity contribution in [3.05, 3.63) is 25.3 Å². The van der Waals surface area contributed by atoms with Gasteiger partial charge in [0.2, 0.25) is 0 Å². The highest BCUT2D eigenvalue weighted by atomic mass is 14.3. The van der Waals surface area contributed by atoms with Crippen LogP contribution in [0.1, 0.15) is 19.8 Å². The largest absolute Gasteiger partial charge is 0.199 e. The van der Waals surface area contributed by atoms with Gasteiger partial charge in [-0.3, -0.25) is 0 Å². The lowest BCUT2D eigenvalue weighted by atomic mass is 10.0. The van der Waals surface area contributed by atoms with E-state index in [9.17, 15) is 0 Å². The molecule has 0 atom stereocenters. The Morgan fingerprint density at radius 3 is 1.75 bits per heavy atom. The third kappa shape index (κ3) is 11.3. The minimum Gasteiger partial charge on any atom is -0.199 e. The van der Waals surface area contributed by atoms with Gasteiger partial charge in [0.15, 0.2) is 0 Å². The van der Waals surface area contributed by atoms with Gasteiger partial charge in [0.05, 0.1) is 18.1 Å². The summed E-state index contributed by atoms with van der Waals surface area (Å²) in [5, 5.41) is 15.8. The van der Waals surface area contributed by atoms with Crippen LogP contribution < -0.4 is 0 Å². The average molecular weight is 162 g/mol. The van der Waals surface area contributed by atoms with E-state index in [0.717, 1.165) is 12.8 Å². The molecule has 0 aromatic carbocycles. The van der Waals surface area contributed by atoms with E-state index in [1.807, 2.05) is 0 Å². The molecule has 0 aromatic heterocycles. The Labute approximate surface area is 74.4 Å². The van der Waals surface area contributed by atoms with Crippen molar-refractivity contribution in [3.63, 3.8) is 0 Å². The first-order chi connectivity index (χ1) is 5.76. The van der Waals surface area contributed by atoms with Crippen molar-refractivity contribution >= 4 is 0 Å². The molecule has 0 bridgehead atoms. The summed E-state index contributed by atoms with van der Waals surface area (Å²) in [4.78, 5) is 0. The molecule has 0 amide bonds. The second-order valence-electron chi connectivity index (χ2n) is 2.10. The summed E-state index contributed by atoms with van der Waals surface area (Å²) in [6.07, 6.45) is 5.06. The second-order valence-corrected chi connectivity index (χ2v) is 2.10. The quantitative estimate of drug-likeness (QED) is 0.597. The van der Waals surface area contributed by atoms with Crippen LogP contribution in [0.3, 0.4) is 0 Å². The van der Waals surface area contributed by atoms with Crippen LogP contribution in [0.15, 0.2) is 25.3 Å². The number of rotatable bonds is 4. The van der Waals surface area contributed by atoms with E-state index in [-0.39, 0.29) is 5.92 Å². The summed E-state index contributed by atoms with van der Waals surface area (Å²) in [6, 6.07) is 3.91. The fourth-order valence-electron chi connectivity index (χ4n) is 0.604. The molecule has 0 saturated heterocycles. The Morgan fingerprint density at radius 1 is 1.25 bits per heavy atom. The highest BCUT2D eigenvalue weighted by Gasteiger charge is 1.99. The van der Waals surface area contributed by atoms with E-state index < -0.39 is 0 Å². The number of nitrogens with zero attached hydrogens (tertiary/aromatic N) is 2. The van der Waals surface area contributed by atoms with E-state index in [4.69, 9.17) is 10.5 Å². The smallest absolute Gasteiger partial charge is 0.0662 e. The molecule has 0 rings (SSSR count). The second kappa shape index (κ2) is 12.2. The monoisotopic (exact) mass is 162 g/mol. The Bertz CT molecular complexity index is 183. The molecule has 0 aromatic rings. The van der Waals surface area contributed by atoms with Crippen LogP contribution in [0.5, 0.6) is 0 Å². The first-order valence-electron chi connectivity index (χ1n) is 3.69. The van der Waals surface area contributed by atoms with Crippen molar-refractivity contribution < 1.29 is 0 Å². The summed E-state index contributed by atoms with van der Waals surface area (Å²) in [5.41, 5.74) is 0. The Morgan fingerprint density at radius 2 is 1.58 bits per heavy atom. The SMILES string of the molecule is C=CCC(C#N)CC=C.CC#N. The predicted molar refractivity (Wildman–Crippen MR) is 50.0 cm³/mol. The fourth-order valence-corrected chi connectivity index (χ4v) is 0.604. The van der Waals surface area contributed by atoms with Crippen molar-refractivity contribution in [3.8, 4) is 12.1 Å². The molecule has 0 spiro atoms. The summed E-state index contributed by atoms with van der Waals surface area (Å²) < 4.78 is 0. The third-order valence-electron chi connectivity index (χ3n) is 1.08. The minimum atomic E-state index is 0.0833. The Kier molecular flexibility index (Phi) is 13.3. The lowest BCUT2D eigenvalue weighted by Gasteiger charge is -1.98. The van der Waals surface area contributed by atoms with Crippen molar-refractivity contribution in [2.45, 2.75) is 19.8 Å². The zero-order valence-electron chi connectivity index (χ0n) is 7.45. The molecular formula is C10H14N2. The Balaban J connectivity index is 0. The van der Waals surface area contributed by atoms with Crippen LogP contribution in [0.25, 0.3) is 0 Å². The van der Waals surface area contributed by atoms with E-state index >= 15 is 0 Å². The fraction of sp³-hybridized carbons (Fsp3) is 0.400. The van der Waals surface area contributed by atoms with Gasteiger partial charge in [-0.25, -0.2) is 0 Å². The van der Waals surface area contributed by atoms with Crippen molar-refractivity contribution in [1.82, 2.24) is 0 Å². The molecule has 0 N–H and O–H groups in total. The number of allylic oxidation sites excluding steroid dienone is 2. The highest BCUT2D eigenvalue weighted by Crippen LogP contribution is 2.06. The van der Waals surface area contributed by atoms with Gasteiger partial charge >= 0.3 is 0 Å². The maximum Gasteiger partial charge on any atom is 0.0662 e. The summed E-state index contributed by atoms with van der Waals surface area (Å²) in [5.74, 6) is 0.0833. The number of nitriles is 2. The molecular weight excluding hydrogens is 148 g/mol. The van der Waals surface area contributed by atoms with Crippen molar-refractivity contribution in [1.29, 1.82) is 10.5 Å². The standard InChI is InChI=1S/C8H11N.C2H3N/c1-3-5-8(7-9)6-4-2;1-2-3/h3-4,8H,1-2,5-6H2;1H3. The molecule has 0 unspecified atom stereocenters. The van der Waals surface area contributed by atoms with Gasteiger partial charge < -0.3 is 0 Å². The van der Waals surface area contributed by atoms with Gasteiger partial charge in [-0.05, 0) is 12.8 Å². The van der Waals surface area contributed by atoms with Crippen LogP contribution in [0.4, 0.5) is 0 Å². The summed E-state index contributed by atoms with van der Waals surface area (Å²) in [7, 11) is 0. The molecule has 2 nitrogen and oxygen atoms in total. The topological polar surface area (TPSA) is 47.6 Å². The maximum atomic E-state index is 8.44. The van der Waals surface area contributed by atoms with Crippen LogP contribution in [-0.4, -0.2) is 0 Å². The summed E-state index contributed by atoms with van der Waals surface area (Å²) in [6.45, 7) is 8.52. The first-order valence-corrected chi connectivity index (χ1v) is 3.69.